The number of ether oxygens (including phenoxy) is 2. The predicted molar refractivity (Wildman–Crippen MR) is 76.4 cm³/mol. The summed E-state index contributed by atoms with van der Waals surface area (Å²) in [6.45, 7) is 9.32. The molecule has 0 radical (unpaired) electrons. The Labute approximate surface area is 125 Å². The van der Waals surface area contributed by atoms with Crippen LogP contribution in [0.25, 0.3) is 0 Å². The first kappa shape index (κ1) is 14.6. The zero-order chi connectivity index (χ0) is 15.1. The quantitative estimate of drug-likeness (QED) is 0.579. The van der Waals surface area contributed by atoms with E-state index in [4.69, 9.17) is 9.47 Å². The Balaban J connectivity index is 1.91. The maximum absolute atomic E-state index is 12.3. The summed E-state index contributed by atoms with van der Waals surface area (Å²) in [7, 11) is 0. The highest BCUT2D eigenvalue weighted by molar-refractivity contribution is 5.82. The fourth-order valence-electron chi connectivity index (χ4n) is 4.42. The minimum atomic E-state index is -0.361. The van der Waals surface area contributed by atoms with Gasteiger partial charge in [0.1, 0.15) is 12.1 Å². The Kier molecular flexibility index (Phi) is 3.78. The average molecular weight is 293 g/mol. The third-order valence-electron chi connectivity index (χ3n) is 5.13. The largest absolute Gasteiger partial charge is 0.465 e. The van der Waals surface area contributed by atoms with E-state index in [-0.39, 0.29) is 35.9 Å². The average Bonchev–Trinajstić information content (AvgIpc) is 2.44. The second-order valence-corrected chi connectivity index (χ2v) is 6.22. The van der Waals surface area contributed by atoms with E-state index in [0.717, 1.165) is 25.0 Å². The topological polar surface area (TPSA) is 55.8 Å². The lowest BCUT2D eigenvalue weighted by molar-refractivity contribution is -0.175. The minimum absolute atomic E-state index is 0.132. The van der Waals surface area contributed by atoms with E-state index in [9.17, 15) is 9.59 Å². The van der Waals surface area contributed by atoms with Crippen molar-refractivity contribution in [3.63, 3.8) is 0 Å². The second-order valence-electron chi connectivity index (χ2n) is 6.22. The highest BCUT2D eigenvalue weighted by atomic mass is 16.5. The van der Waals surface area contributed by atoms with Gasteiger partial charge in [-0.1, -0.05) is 12.2 Å². The number of esters is 2. The van der Waals surface area contributed by atoms with Gasteiger partial charge in [-0.05, 0) is 32.6 Å². The third-order valence-corrected chi connectivity index (χ3v) is 5.13. The van der Waals surface area contributed by atoms with E-state index >= 15 is 0 Å². The van der Waals surface area contributed by atoms with E-state index in [1.807, 2.05) is 4.90 Å². The molecule has 0 N–H and O–H groups in total. The van der Waals surface area contributed by atoms with Crippen LogP contribution in [0, 0.1) is 17.8 Å². The van der Waals surface area contributed by atoms with Gasteiger partial charge in [0.05, 0.1) is 13.2 Å². The Bertz CT molecular complexity index is 437. The van der Waals surface area contributed by atoms with Crippen LogP contribution in [0.3, 0.4) is 0 Å². The zero-order valence-corrected chi connectivity index (χ0v) is 12.7. The molecule has 4 aliphatic rings. The number of rotatable bonds is 4. The van der Waals surface area contributed by atoms with Crippen molar-refractivity contribution in [1.29, 1.82) is 0 Å². The fourth-order valence-corrected chi connectivity index (χ4v) is 4.42. The molecule has 3 aliphatic heterocycles. The smallest absolute Gasteiger partial charge is 0.323 e. The lowest BCUT2D eigenvalue weighted by Crippen LogP contribution is -2.69. The van der Waals surface area contributed by atoms with Crippen LogP contribution in [-0.2, 0) is 19.1 Å². The van der Waals surface area contributed by atoms with E-state index in [1.54, 1.807) is 13.8 Å². The summed E-state index contributed by atoms with van der Waals surface area (Å²) in [5.74, 6) is 0.370. The van der Waals surface area contributed by atoms with Crippen LogP contribution < -0.4 is 0 Å². The van der Waals surface area contributed by atoms with Crippen molar-refractivity contribution in [1.82, 2.24) is 4.90 Å². The van der Waals surface area contributed by atoms with E-state index in [2.05, 4.69) is 6.58 Å². The molecule has 4 rings (SSSR count). The first-order valence-electron chi connectivity index (χ1n) is 7.86. The molecule has 0 amide bonds. The van der Waals surface area contributed by atoms with Crippen molar-refractivity contribution in [2.45, 2.75) is 38.8 Å². The Morgan fingerprint density at radius 1 is 1.10 bits per heavy atom. The molecule has 6 atom stereocenters. The Hall–Kier alpha value is -1.36. The van der Waals surface area contributed by atoms with Crippen molar-refractivity contribution in [2.75, 3.05) is 19.8 Å². The number of hydrogen-bond donors (Lipinski definition) is 0. The summed E-state index contributed by atoms with van der Waals surface area (Å²) in [6, 6.07) is -0.723. The molecule has 116 valence electrons. The monoisotopic (exact) mass is 293 g/mol. The molecule has 1 saturated carbocycles. The van der Waals surface area contributed by atoms with Gasteiger partial charge >= 0.3 is 11.9 Å². The Morgan fingerprint density at radius 3 is 2.00 bits per heavy atom. The molecular weight excluding hydrogens is 270 g/mol. The SMILES string of the molecule is C=C1[C@H]2CC3C[C@@H]1[C@@H](C(=O)OCC)N(C3)[C@@H]2C(=O)OCC. The molecule has 0 spiro atoms. The van der Waals surface area contributed by atoms with Crippen molar-refractivity contribution < 1.29 is 19.1 Å². The zero-order valence-electron chi connectivity index (χ0n) is 12.7. The minimum Gasteiger partial charge on any atom is -0.465 e. The molecule has 0 aromatic rings. The number of carbonyl (C=O) groups is 2. The Morgan fingerprint density at radius 2 is 1.57 bits per heavy atom. The van der Waals surface area contributed by atoms with Crippen molar-refractivity contribution in [3.8, 4) is 0 Å². The summed E-state index contributed by atoms with van der Waals surface area (Å²) in [5.41, 5.74) is 1.04. The molecule has 5 heteroatoms. The van der Waals surface area contributed by atoms with Gasteiger partial charge in [-0.15, -0.1) is 0 Å². The maximum Gasteiger partial charge on any atom is 0.323 e. The summed E-state index contributed by atoms with van der Waals surface area (Å²) in [6.07, 6.45) is 1.98. The van der Waals surface area contributed by atoms with Crippen LogP contribution in [0.5, 0.6) is 0 Å². The standard InChI is InChI=1S/C16H23NO4/c1-4-20-15(18)13-11-6-10-7-12(9(11)3)14(17(13)8-10)16(19)21-5-2/h10-14H,3-8H2,1-2H3/t10?,11-,12+,13-,14-/m0/s1. The number of piperidine rings is 3. The van der Waals surface area contributed by atoms with Crippen molar-refractivity contribution in [3.05, 3.63) is 12.2 Å². The summed E-state index contributed by atoms with van der Waals surface area (Å²) in [4.78, 5) is 26.7. The van der Waals surface area contributed by atoms with E-state index < -0.39 is 0 Å². The maximum atomic E-state index is 12.3. The van der Waals surface area contributed by atoms with Crippen LogP contribution in [0.15, 0.2) is 12.2 Å². The fraction of sp³-hybridized carbons (Fsp3) is 0.750. The van der Waals surface area contributed by atoms with Gasteiger partial charge in [0.25, 0.3) is 0 Å². The first-order chi connectivity index (χ1) is 10.1. The summed E-state index contributed by atoms with van der Waals surface area (Å²) in [5, 5.41) is 0. The number of nitrogens with zero attached hydrogens (tertiary/aromatic N) is 1. The predicted octanol–water partition coefficient (Wildman–Crippen LogP) is 1.38. The van der Waals surface area contributed by atoms with Crippen LogP contribution in [0.2, 0.25) is 0 Å². The summed E-state index contributed by atoms with van der Waals surface area (Å²) >= 11 is 0. The normalized spacial score (nSPS) is 40.2. The second kappa shape index (κ2) is 5.44. The molecule has 21 heavy (non-hydrogen) atoms. The van der Waals surface area contributed by atoms with Crippen molar-refractivity contribution >= 4 is 11.9 Å². The van der Waals surface area contributed by atoms with Gasteiger partial charge in [0.15, 0.2) is 0 Å². The molecule has 1 aliphatic carbocycles. The van der Waals surface area contributed by atoms with E-state index in [0.29, 0.717) is 19.1 Å². The molecule has 4 bridgehead atoms. The highest BCUT2D eigenvalue weighted by Crippen LogP contribution is 2.52. The van der Waals surface area contributed by atoms with E-state index in [1.165, 1.54) is 0 Å². The molecule has 4 fully saturated rings. The van der Waals surface area contributed by atoms with Crippen LogP contribution in [-0.4, -0.2) is 48.7 Å². The molecule has 0 aromatic carbocycles. The molecule has 2 unspecified atom stereocenters. The van der Waals surface area contributed by atoms with Gasteiger partial charge in [-0.3, -0.25) is 14.5 Å². The first-order valence-corrected chi connectivity index (χ1v) is 7.86. The number of carbonyl (C=O) groups excluding carboxylic acids is 2. The molecule has 3 heterocycles. The van der Waals surface area contributed by atoms with Gasteiger partial charge in [-0.25, -0.2) is 0 Å². The molecule has 0 aromatic heterocycles. The molecular formula is C16H23NO4. The van der Waals surface area contributed by atoms with Crippen LogP contribution in [0.1, 0.15) is 26.7 Å². The van der Waals surface area contributed by atoms with Gasteiger partial charge in [-0.2, -0.15) is 0 Å². The van der Waals surface area contributed by atoms with Gasteiger partial charge < -0.3 is 9.47 Å². The van der Waals surface area contributed by atoms with Gasteiger partial charge in [0, 0.05) is 18.4 Å². The van der Waals surface area contributed by atoms with Crippen LogP contribution in [0.4, 0.5) is 0 Å². The van der Waals surface area contributed by atoms with Crippen LogP contribution >= 0.6 is 0 Å². The van der Waals surface area contributed by atoms with Crippen molar-refractivity contribution in [2.24, 2.45) is 17.8 Å². The highest BCUT2D eigenvalue weighted by Gasteiger charge is 2.59. The molecule has 5 nitrogen and oxygen atoms in total. The summed E-state index contributed by atoms with van der Waals surface area (Å²) < 4.78 is 10.5. The lowest BCUT2D eigenvalue weighted by atomic mass is 9.59. The lowest BCUT2D eigenvalue weighted by Gasteiger charge is -2.59. The molecule has 3 saturated heterocycles. The van der Waals surface area contributed by atoms with Gasteiger partial charge in [0.2, 0.25) is 0 Å². The number of hydrogen-bond acceptors (Lipinski definition) is 5. The third kappa shape index (κ3) is 2.18.